The molecule has 3 nitrogen and oxygen atoms in total. The van der Waals surface area contributed by atoms with E-state index in [4.69, 9.17) is 0 Å². The van der Waals surface area contributed by atoms with Crippen LogP contribution in [-0.2, 0) is 4.79 Å². The Morgan fingerprint density at radius 3 is 2.73 bits per heavy atom. The lowest BCUT2D eigenvalue weighted by atomic mass is 9.78. The van der Waals surface area contributed by atoms with Crippen molar-refractivity contribution in [2.75, 3.05) is 4.90 Å². The third kappa shape index (κ3) is 3.13. The molecule has 1 aliphatic heterocycles. The zero-order valence-electron chi connectivity index (χ0n) is 14.5. The van der Waals surface area contributed by atoms with E-state index < -0.39 is 12.0 Å². The first-order valence-electron chi connectivity index (χ1n) is 8.40. The maximum atomic E-state index is 11.9. The van der Waals surface area contributed by atoms with E-state index in [2.05, 4.69) is 57.7 Å². The van der Waals surface area contributed by atoms with Gasteiger partial charge in [0.25, 0.3) is 0 Å². The summed E-state index contributed by atoms with van der Waals surface area (Å²) in [4.78, 5) is 14.1. The number of hydrogen-bond donors (Lipinski definition) is 1. The molecule has 3 heteroatoms. The highest BCUT2D eigenvalue weighted by Gasteiger charge is 2.42. The highest BCUT2D eigenvalue weighted by Crippen LogP contribution is 2.45. The zero-order chi connectivity index (χ0) is 16.5. The molecule has 0 spiro atoms. The molecule has 122 valence electrons. The minimum Gasteiger partial charge on any atom is -0.480 e. The van der Waals surface area contributed by atoms with E-state index in [-0.39, 0.29) is 5.54 Å². The van der Waals surface area contributed by atoms with Gasteiger partial charge in [0.2, 0.25) is 0 Å². The van der Waals surface area contributed by atoms with E-state index in [1.807, 2.05) is 0 Å². The number of anilines is 1. The summed E-state index contributed by atoms with van der Waals surface area (Å²) in [6.07, 6.45) is 3.66. The molecule has 2 rings (SSSR count). The molecular weight excluding hydrogens is 274 g/mol. The highest BCUT2D eigenvalue weighted by atomic mass is 16.4. The third-order valence-corrected chi connectivity index (χ3v) is 4.86. The number of aryl methyl sites for hydroxylation is 1. The van der Waals surface area contributed by atoms with E-state index >= 15 is 0 Å². The average Bonchev–Trinajstić information content (AvgIpc) is 2.40. The molecule has 1 aromatic rings. The molecule has 0 aromatic heterocycles. The lowest BCUT2D eigenvalue weighted by Crippen LogP contribution is -2.56. The first-order chi connectivity index (χ1) is 10.3. The number of rotatable bonds is 5. The molecule has 0 saturated carbocycles. The molecule has 1 N–H and O–H groups in total. The van der Waals surface area contributed by atoms with E-state index in [1.54, 1.807) is 0 Å². The summed E-state index contributed by atoms with van der Waals surface area (Å²) in [5.74, 6) is -0.244. The molecule has 0 fully saturated rings. The van der Waals surface area contributed by atoms with Gasteiger partial charge < -0.3 is 10.0 Å². The fourth-order valence-electron chi connectivity index (χ4n) is 3.91. The van der Waals surface area contributed by atoms with Gasteiger partial charge in [-0.25, -0.2) is 4.79 Å². The van der Waals surface area contributed by atoms with Crippen molar-refractivity contribution >= 4 is 11.7 Å². The number of fused-ring (bicyclic) bond motifs is 1. The van der Waals surface area contributed by atoms with Gasteiger partial charge in [-0.3, -0.25) is 0 Å². The molecule has 0 radical (unpaired) electrons. The van der Waals surface area contributed by atoms with Gasteiger partial charge in [0.15, 0.2) is 0 Å². The number of carboxylic acids is 1. The Bertz CT molecular complexity index is 550. The first kappa shape index (κ1) is 16.9. The van der Waals surface area contributed by atoms with Gasteiger partial charge in [-0.2, -0.15) is 0 Å². The minimum atomic E-state index is -0.705. The van der Waals surface area contributed by atoms with Crippen molar-refractivity contribution in [1.29, 1.82) is 0 Å². The Morgan fingerprint density at radius 2 is 2.14 bits per heavy atom. The van der Waals surface area contributed by atoms with Crippen LogP contribution in [-0.4, -0.2) is 22.7 Å². The number of carbonyl (C=O) groups is 1. The quantitative estimate of drug-likeness (QED) is 0.854. The first-order valence-corrected chi connectivity index (χ1v) is 8.40. The maximum absolute atomic E-state index is 11.9. The minimum absolute atomic E-state index is 0.142. The fraction of sp³-hybridized carbons (Fsp3) is 0.632. The van der Waals surface area contributed by atoms with Gasteiger partial charge in [-0.1, -0.05) is 38.8 Å². The van der Waals surface area contributed by atoms with Crippen molar-refractivity contribution in [3.8, 4) is 0 Å². The lowest BCUT2D eigenvalue weighted by Gasteiger charge is -2.50. The Hall–Kier alpha value is -1.51. The van der Waals surface area contributed by atoms with Crippen LogP contribution in [0.5, 0.6) is 0 Å². The molecule has 2 atom stereocenters. The summed E-state index contributed by atoms with van der Waals surface area (Å²) in [7, 11) is 0. The summed E-state index contributed by atoms with van der Waals surface area (Å²) in [5, 5.41) is 9.80. The second-order valence-electron chi connectivity index (χ2n) is 7.35. The smallest absolute Gasteiger partial charge is 0.326 e. The molecule has 1 aromatic carbocycles. The monoisotopic (exact) mass is 303 g/mol. The molecular formula is C19H29NO2. The number of hydrogen-bond acceptors (Lipinski definition) is 2. The second kappa shape index (κ2) is 6.31. The summed E-state index contributed by atoms with van der Waals surface area (Å²) >= 11 is 0. The van der Waals surface area contributed by atoms with Gasteiger partial charge in [0.1, 0.15) is 6.04 Å². The van der Waals surface area contributed by atoms with Crippen molar-refractivity contribution in [1.82, 2.24) is 0 Å². The number of benzene rings is 1. The maximum Gasteiger partial charge on any atom is 0.326 e. The zero-order valence-corrected chi connectivity index (χ0v) is 14.5. The Balaban J connectivity index is 2.53. The van der Waals surface area contributed by atoms with Crippen LogP contribution in [0.15, 0.2) is 18.2 Å². The van der Waals surface area contributed by atoms with Crippen LogP contribution in [0.4, 0.5) is 5.69 Å². The lowest BCUT2D eigenvalue weighted by molar-refractivity contribution is -0.139. The van der Waals surface area contributed by atoms with Gasteiger partial charge >= 0.3 is 5.97 Å². The van der Waals surface area contributed by atoms with Crippen LogP contribution in [0, 0.1) is 6.92 Å². The van der Waals surface area contributed by atoms with Crippen molar-refractivity contribution in [3.05, 3.63) is 29.3 Å². The Kier molecular flexibility index (Phi) is 4.84. The third-order valence-electron chi connectivity index (χ3n) is 4.86. The molecule has 1 aliphatic rings. The second-order valence-corrected chi connectivity index (χ2v) is 7.35. The van der Waals surface area contributed by atoms with Crippen molar-refractivity contribution in [2.45, 2.75) is 77.8 Å². The summed E-state index contributed by atoms with van der Waals surface area (Å²) in [6.45, 7) is 10.8. The Morgan fingerprint density at radius 1 is 1.45 bits per heavy atom. The topological polar surface area (TPSA) is 40.5 Å². The van der Waals surface area contributed by atoms with Crippen molar-refractivity contribution in [3.63, 3.8) is 0 Å². The molecule has 1 heterocycles. The number of unbranched alkanes of at least 4 members (excludes halogenated alkanes) is 1. The summed E-state index contributed by atoms with van der Waals surface area (Å²) in [5.41, 5.74) is 3.45. The van der Waals surface area contributed by atoms with Crippen molar-refractivity contribution in [2.24, 2.45) is 0 Å². The normalized spacial score (nSPS) is 21.3. The van der Waals surface area contributed by atoms with Crippen LogP contribution >= 0.6 is 0 Å². The SMILES string of the molecule is CCCC[C@@H](C(=O)O)N1c2cc(C)ccc2[C@@H](C)CC1(C)C. The van der Waals surface area contributed by atoms with E-state index in [1.165, 1.54) is 11.1 Å². The van der Waals surface area contributed by atoms with Gasteiger partial charge in [0.05, 0.1) is 0 Å². The fourth-order valence-corrected chi connectivity index (χ4v) is 3.91. The van der Waals surface area contributed by atoms with Gasteiger partial charge in [-0.15, -0.1) is 0 Å². The average molecular weight is 303 g/mol. The molecule has 0 bridgehead atoms. The molecule has 0 saturated heterocycles. The number of carboxylic acid groups (broad SMARTS) is 1. The van der Waals surface area contributed by atoms with Gasteiger partial charge in [0, 0.05) is 11.2 Å². The highest BCUT2D eigenvalue weighted by molar-refractivity contribution is 5.80. The van der Waals surface area contributed by atoms with Gasteiger partial charge in [-0.05, 0) is 56.7 Å². The number of aliphatic carboxylic acids is 1. The van der Waals surface area contributed by atoms with Crippen molar-refractivity contribution < 1.29 is 9.90 Å². The molecule has 22 heavy (non-hydrogen) atoms. The Labute approximate surface area is 134 Å². The molecule has 0 unspecified atom stereocenters. The van der Waals surface area contributed by atoms with Crippen LogP contribution in [0.2, 0.25) is 0 Å². The van der Waals surface area contributed by atoms with Crippen LogP contribution in [0.3, 0.4) is 0 Å². The largest absolute Gasteiger partial charge is 0.480 e. The van der Waals surface area contributed by atoms with Crippen LogP contribution in [0.1, 0.15) is 70.4 Å². The standard InChI is InChI=1S/C19H29NO2/c1-6-7-8-16(18(21)22)20-17-11-13(2)9-10-15(17)14(3)12-19(20,4)5/h9-11,14,16H,6-8,12H2,1-5H3,(H,21,22)/t14-,16-/m0/s1. The molecule has 0 aliphatic carbocycles. The van der Waals surface area contributed by atoms with E-state index in [0.29, 0.717) is 12.3 Å². The summed E-state index contributed by atoms with van der Waals surface area (Å²) < 4.78 is 0. The molecule has 0 amide bonds. The van der Waals surface area contributed by atoms with E-state index in [9.17, 15) is 9.90 Å². The predicted octanol–water partition coefficient (Wildman–Crippen LogP) is 4.73. The van der Waals surface area contributed by atoms with E-state index in [0.717, 1.165) is 24.9 Å². The predicted molar refractivity (Wildman–Crippen MR) is 91.7 cm³/mol. The summed E-state index contributed by atoms with van der Waals surface area (Å²) in [6, 6.07) is 6.03. The van der Waals surface area contributed by atoms with Crippen LogP contribution < -0.4 is 4.90 Å². The number of nitrogens with zero attached hydrogens (tertiary/aromatic N) is 1. The van der Waals surface area contributed by atoms with Crippen LogP contribution in [0.25, 0.3) is 0 Å².